The van der Waals surface area contributed by atoms with Crippen LogP contribution in [0.25, 0.3) is 0 Å². The van der Waals surface area contributed by atoms with Gasteiger partial charge in [0, 0.05) is 39.8 Å². The number of aromatic nitrogens is 2. The van der Waals surface area contributed by atoms with Crippen molar-refractivity contribution in [3.8, 4) is 0 Å². The fourth-order valence-electron chi connectivity index (χ4n) is 3.94. The van der Waals surface area contributed by atoms with Crippen LogP contribution in [0.15, 0.2) is 12.4 Å². The highest BCUT2D eigenvalue weighted by atomic mass is 16.2. The van der Waals surface area contributed by atoms with Crippen molar-refractivity contribution in [2.75, 3.05) is 50.9 Å². The zero-order valence-corrected chi connectivity index (χ0v) is 17.5. The summed E-state index contributed by atoms with van der Waals surface area (Å²) < 4.78 is 0. The largest absolute Gasteiger partial charge is 0.384 e. The van der Waals surface area contributed by atoms with Gasteiger partial charge in [-0.1, -0.05) is 13.8 Å². The van der Waals surface area contributed by atoms with Crippen molar-refractivity contribution in [1.29, 1.82) is 0 Å². The number of piperidine rings is 1. The summed E-state index contributed by atoms with van der Waals surface area (Å²) in [6.45, 7) is 5.37. The van der Waals surface area contributed by atoms with E-state index < -0.39 is 5.54 Å². The van der Waals surface area contributed by atoms with Crippen molar-refractivity contribution < 1.29 is 14.4 Å². The molecule has 4 amide bonds. The molecule has 0 saturated carbocycles. The molecule has 2 aliphatic heterocycles. The maximum Gasteiger partial charge on any atom is 0.328 e. The summed E-state index contributed by atoms with van der Waals surface area (Å²) in [5.74, 6) is 0.742. The molecule has 2 N–H and O–H groups in total. The summed E-state index contributed by atoms with van der Waals surface area (Å²) in [6.07, 6.45) is 2.36. The Balaban J connectivity index is 1.84. The second-order valence-corrected chi connectivity index (χ2v) is 8.29. The summed E-state index contributed by atoms with van der Waals surface area (Å²) in [6, 6.07) is 1.33. The van der Waals surface area contributed by atoms with E-state index in [0.717, 1.165) is 4.90 Å². The zero-order valence-electron chi connectivity index (χ0n) is 17.5. The van der Waals surface area contributed by atoms with Gasteiger partial charge < -0.3 is 20.4 Å². The highest BCUT2D eigenvalue weighted by Crippen LogP contribution is 2.38. The first-order chi connectivity index (χ1) is 13.7. The van der Waals surface area contributed by atoms with Crippen molar-refractivity contribution >= 4 is 29.5 Å². The molecule has 0 radical (unpaired) electrons. The second kappa shape index (κ2) is 7.84. The molecule has 158 valence electrons. The van der Waals surface area contributed by atoms with Crippen LogP contribution in [0.4, 0.5) is 16.4 Å². The van der Waals surface area contributed by atoms with Crippen molar-refractivity contribution in [3.63, 3.8) is 0 Å². The van der Waals surface area contributed by atoms with E-state index in [4.69, 9.17) is 5.73 Å². The molecular formula is C19H29N7O3. The molecule has 1 spiro atoms. The molecule has 1 aromatic rings. The molecule has 2 saturated heterocycles. The third kappa shape index (κ3) is 3.83. The van der Waals surface area contributed by atoms with Crippen LogP contribution in [-0.4, -0.2) is 88.3 Å². The maximum absolute atomic E-state index is 13.4. The monoisotopic (exact) mass is 403 g/mol. The Hall–Kier alpha value is -2.91. The minimum atomic E-state index is -0.914. The number of likely N-dealkylation sites (N-methyl/N-ethyl adjacent to an activating group) is 1. The normalized spacial score (nSPS) is 18.9. The number of rotatable bonds is 5. The van der Waals surface area contributed by atoms with Gasteiger partial charge in [-0.15, -0.1) is 0 Å². The first kappa shape index (κ1) is 20.8. The quantitative estimate of drug-likeness (QED) is 0.708. The number of hydrogen-bond acceptors (Lipinski definition) is 7. The Labute approximate surface area is 170 Å². The van der Waals surface area contributed by atoms with E-state index in [1.807, 2.05) is 18.7 Å². The number of carbonyl (C=O) groups is 3. The molecule has 3 heterocycles. The van der Waals surface area contributed by atoms with Crippen molar-refractivity contribution in [2.24, 2.45) is 5.92 Å². The van der Waals surface area contributed by atoms with Crippen LogP contribution < -0.4 is 10.6 Å². The van der Waals surface area contributed by atoms with E-state index in [2.05, 4.69) is 9.97 Å². The fraction of sp³-hybridized carbons (Fsp3) is 0.632. The van der Waals surface area contributed by atoms with Gasteiger partial charge in [0.05, 0.1) is 0 Å². The van der Waals surface area contributed by atoms with Crippen molar-refractivity contribution in [3.05, 3.63) is 12.4 Å². The van der Waals surface area contributed by atoms with Crippen LogP contribution in [0, 0.1) is 5.92 Å². The van der Waals surface area contributed by atoms with Crippen LogP contribution in [-0.2, 0) is 9.59 Å². The van der Waals surface area contributed by atoms with Gasteiger partial charge in [0.2, 0.25) is 5.91 Å². The Morgan fingerprint density at radius 2 is 1.90 bits per heavy atom. The lowest BCUT2D eigenvalue weighted by molar-refractivity contribution is -0.139. The molecule has 0 unspecified atom stereocenters. The van der Waals surface area contributed by atoms with Gasteiger partial charge in [-0.2, -0.15) is 0 Å². The Morgan fingerprint density at radius 3 is 2.45 bits per heavy atom. The van der Waals surface area contributed by atoms with E-state index in [1.54, 1.807) is 25.1 Å². The maximum atomic E-state index is 13.4. The predicted octanol–water partition coefficient (Wildman–Crippen LogP) is 0.406. The van der Waals surface area contributed by atoms with Gasteiger partial charge in [0.15, 0.2) is 0 Å². The summed E-state index contributed by atoms with van der Waals surface area (Å²) in [5, 5.41) is 0. The summed E-state index contributed by atoms with van der Waals surface area (Å²) in [7, 11) is 3.22. The van der Waals surface area contributed by atoms with Crippen LogP contribution in [0.3, 0.4) is 0 Å². The lowest BCUT2D eigenvalue weighted by Crippen LogP contribution is -2.57. The summed E-state index contributed by atoms with van der Waals surface area (Å²) in [5.41, 5.74) is 4.85. The van der Waals surface area contributed by atoms with Crippen LogP contribution in [0.5, 0.6) is 0 Å². The van der Waals surface area contributed by atoms with E-state index in [1.165, 1.54) is 11.2 Å². The van der Waals surface area contributed by atoms with Gasteiger partial charge in [0.1, 0.15) is 30.0 Å². The third-order valence-corrected chi connectivity index (χ3v) is 5.55. The summed E-state index contributed by atoms with van der Waals surface area (Å²) in [4.78, 5) is 53.0. The average molecular weight is 403 g/mol. The molecular weight excluding hydrogens is 374 g/mol. The van der Waals surface area contributed by atoms with E-state index in [0.29, 0.717) is 44.1 Å². The Bertz CT molecular complexity index is 803. The topological polar surface area (TPSA) is 116 Å². The average Bonchev–Trinajstić information content (AvgIpc) is 2.84. The third-order valence-electron chi connectivity index (χ3n) is 5.55. The number of nitrogens with zero attached hydrogens (tertiary/aromatic N) is 6. The minimum Gasteiger partial charge on any atom is -0.384 e. The standard InChI is InChI=1S/C19H29N7O3/c1-13(2)10-26-18(29)25(11-16(27)23(3)4)17(28)19(26)5-7-24(8-6-19)15-9-14(20)21-12-22-15/h9,12-13H,5-8,10-11H2,1-4H3,(H2,20,21,22). The zero-order chi connectivity index (χ0) is 21.3. The molecule has 0 bridgehead atoms. The molecule has 0 aromatic carbocycles. The number of imide groups is 1. The van der Waals surface area contributed by atoms with E-state index in [-0.39, 0.29) is 30.3 Å². The molecule has 10 heteroatoms. The fourth-order valence-corrected chi connectivity index (χ4v) is 3.94. The van der Waals surface area contributed by atoms with Crippen molar-refractivity contribution in [2.45, 2.75) is 32.2 Å². The molecule has 2 aliphatic rings. The number of carbonyl (C=O) groups excluding carboxylic acids is 3. The number of urea groups is 1. The SMILES string of the molecule is CC(C)CN1C(=O)N(CC(=O)N(C)C)C(=O)C12CCN(c1cc(N)ncn1)CC2. The lowest BCUT2D eigenvalue weighted by atomic mass is 9.85. The van der Waals surface area contributed by atoms with Gasteiger partial charge >= 0.3 is 6.03 Å². The first-order valence-corrected chi connectivity index (χ1v) is 9.82. The Kier molecular flexibility index (Phi) is 5.63. The van der Waals surface area contributed by atoms with E-state index >= 15 is 0 Å². The number of nitrogens with two attached hydrogens (primary N) is 1. The molecule has 3 rings (SSSR count). The highest BCUT2D eigenvalue weighted by molar-refractivity contribution is 6.09. The minimum absolute atomic E-state index is 0.202. The molecule has 10 nitrogen and oxygen atoms in total. The predicted molar refractivity (Wildman–Crippen MR) is 108 cm³/mol. The van der Waals surface area contributed by atoms with Gasteiger partial charge in [-0.3, -0.25) is 14.5 Å². The number of hydrogen-bond donors (Lipinski definition) is 1. The van der Waals surface area contributed by atoms with Gasteiger partial charge in [-0.05, 0) is 18.8 Å². The van der Waals surface area contributed by atoms with Crippen LogP contribution in [0.1, 0.15) is 26.7 Å². The lowest BCUT2D eigenvalue weighted by Gasteiger charge is -2.43. The molecule has 1 aromatic heterocycles. The number of amides is 4. The Morgan fingerprint density at radius 1 is 1.24 bits per heavy atom. The first-order valence-electron chi connectivity index (χ1n) is 9.82. The molecule has 0 atom stereocenters. The smallest absolute Gasteiger partial charge is 0.328 e. The van der Waals surface area contributed by atoms with Crippen LogP contribution in [0.2, 0.25) is 0 Å². The number of nitrogen functional groups attached to an aromatic ring is 1. The molecule has 2 fully saturated rings. The van der Waals surface area contributed by atoms with Crippen LogP contribution >= 0.6 is 0 Å². The second-order valence-electron chi connectivity index (χ2n) is 8.29. The van der Waals surface area contributed by atoms with Crippen molar-refractivity contribution in [1.82, 2.24) is 24.7 Å². The highest BCUT2D eigenvalue weighted by Gasteiger charge is 2.58. The summed E-state index contributed by atoms with van der Waals surface area (Å²) >= 11 is 0. The molecule has 0 aliphatic carbocycles. The number of anilines is 2. The van der Waals surface area contributed by atoms with Gasteiger partial charge in [-0.25, -0.2) is 14.8 Å². The van der Waals surface area contributed by atoms with Gasteiger partial charge in [0.25, 0.3) is 5.91 Å². The molecule has 29 heavy (non-hydrogen) atoms. The van der Waals surface area contributed by atoms with E-state index in [9.17, 15) is 14.4 Å².